The summed E-state index contributed by atoms with van der Waals surface area (Å²) in [5.74, 6) is 0.753. The highest BCUT2D eigenvalue weighted by Gasteiger charge is 2.21. The summed E-state index contributed by atoms with van der Waals surface area (Å²) in [4.78, 5) is 16.9. The molecule has 0 saturated carbocycles. The fourth-order valence-corrected chi connectivity index (χ4v) is 3.25. The van der Waals surface area contributed by atoms with E-state index < -0.39 is 0 Å². The molecule has 1 aromatic heterocycles. The molecule has 1 fully saturated rings. The van der Waals surface area contributed by atoms with Gasteiger partial charge in [0.25, 0.3) is 5.91 Å². The second-order valence-electron chi connectivity index (χ2n) is 5.84. The molecule has 6 nitrogen and oxygen atoms in total. The quantitative estimate of drug-likeness (QED) is 0.831. The third kappa shape index (κ3) is 3.91. The van der Waals surface area contributed by atoms with Crippen molar-refractivity contribution < 1.29 is 9.53 Å². The summed E-state index contributed by atoms with van der Waals surface area (Å²) in [6.45, 7) is 8.91. The van der Waals surface area contributed by atoms with E-state index in [0.717, 1.165) is 44.1 Å². The number of likely N-dealkylation sites (N-methyl/N-ethyl adjacent to an activating group) is 1. The first-order chi connectivity index (χ1) is 11.7. The van der Waals surface area contributed by atoms with E-state index in [2.05, 4.69) is 20.6 Å². The molecule has 0 N–H and O–H groups in total. The van der Waals surface area contributed by atoms with Gasteiger partial charge in [0.1, 0.15) is 18.1 Å². The molecule has 24 heavy (non-hydrogen) atoms. The maximum atomic E-state index is 12.7. The van der Waals surface area contributed by atoms with Gasteiger partial charge in [0.2, 0.25) is 0 Å². The van der Waals surface area contributed by atoms with Gasteiger partial charge < -0.3 is 14.5 Å². The van der Waals surface area contributed by atoms with Crippen LogP contribution in [0, 0.1) is 6.92 Å². The summed E-state index contributed by atoms with van der Waals surface area (Å²) in [5.41, 5.74) is 2.40. The van der Waals surface area contributed by atoms with Crippen molar-refractivity contribution in [3.63, 3.8) is 0 Å². The van der Waals surface area contributed by atoms with Gasteiger partial charge in [-0.25, -0.2) is 0 Å². The van der Waals surface area contributed by atoms with Gasteiger partial charge in [0, 0.05) is 31.7 Å². The number of hydrogen-bond donors (Lipinski definition) is 0. The van der Waals surface area contributed by atoms with Crippen LogP contribution in [-0.2, 0) is 6.61 Å². The van der Waals surface area contributed by atoms with Gasteiger partial charge in [-0.05, 0) is 31.7 Å². The van der Waals surface area contributed by atoms with Crippen molar-refractivity contribution in [1.82, 2.24) is 18.5 Å². The molecule has 3 rings (SSSR count). The Labute approximate surface area is 146 Å². The molecule has 1 aliphatic heterocycles. The molecule has 0 radical (unpaired) electrons. The fourth-order valence-electron chi connectivity index (χ4n) is 2.70. The number of aromatic nitrogens is 2. The van der Waals surface area contributed by atoms with E-state index in [9.17, 15) is 4.79 Å². The normalized spacial score (nSPS) is 15.5. The Kier molecular flexibility index (Phi) is 5.42. The Morgan fingerprint density at radius 3 is 2.71 bits per heavy atom. The molecular weight excluding hydrogens is 324 g/mol. The van der Waals surface area contributed by atoms with Crippen molar-refractivity contribution in [2.75, 3.05) is 32.7 Å². The lowest BCUT2D eigenvalue weighted by Crippen LogP contribution is -2.48. The Morgan fingerprint density at radius 2 is 2.04 bits per heavy atom. The van der Waals surface area contributed by atoms with Crippen LogP contribution in [0.15, 0.2) is 24.3 Å². The molecule has 0 aliphatic carbocycles. The third-order valence-corrected chi connectivity index (χ3v) is 4.97. The first kappa shape index (κ1) is 16.9. The molecular formula is C17H22N4O2S. The van der Waals surface area contributed by atoms with Crippen molar-refractivity contribution in [3.05, 3.63) is 41.2 Å². The van der Waals surface area contributed by atoms with Gasteiger partial charge in [0.15, 0.2) is 0 Å². The van der Waals surface area contributed by atoms with Crippen LogP contribution >= 0.6 is 11.7 Å². The molecule has 1 saturated heterocycles. The van der Waals surface area contributed by atoms with Gasteiger partial charge in [0.05, 0.1) is 17.4 Å². The van der Waals surface area contributed by atoms with Crippen LogP contribution in [0.2, 0.25) is 0 Å². The topological polar surface area (TPSA) is 58.6 Å². The van der Waals surface area contributed by atoms with Crippen molar-refractivity contribution in [1.29, 1.82) is 0 Å². The highest BCUT2D eigenvalue weighted by atomic mass is 32.1. The molecule has 2 heterocycles. The lowest BCUT2D eigenvalue weighted by Gasteiger charge is -2.34. The average molecular weight is 346 g/mol. The molecule has 128 valence electrons. The molecule has 0 bridgehead atoms. The predicted octanol–water partition coefficient (Wildman–Crippen LogP) is 2.20. The average Bonchev–Trinajstić information content (AvgIpc) is 3.04. The lowest BCUT2D eigenvalue weighted by atomic mass is 10.1. The minimum absolute atomic E-state index is 0.0720. The molecule has 0 atom stereocenters. The van der Waals surface area contributed by atoms with Crippen LogP contribution in [0.5, 0.6) is 5.75 Å². The van der Waals surface area contributed by atoms with Crippen molar-refractivity contribution in [2.24, 2.45) is 0 Å². The summed E-state index contributed by atoms with van der Waals surface area (Å²) < 4.78 is 14.1. The number of hydrogen-bond acceptors (Lipinski definition) is 6. The Bertz CT molecular complexity index is 695. The number of nitrogens with zero attached hydrogens (tertiary/aromatic N) is 4. The summed E-state index contributed by atoms with van der Waals surface area (Å²) >= 11 is 1.19. The highest BCUT2D eigenvalue weighted by molar-refractivity contribution is 6.99. The minimum atomic E-state index is 0.0720. The van der Waals surface area contributed by atoms with E-state index in [0.29, 0.717) is 17.9 Å². The van der Waals surface area contributed by atoms with Crippen LogP contribution in [-0.4, -0.2) is 57.2 Å². The van der Waals surface area contributed by atoms with Gasteiger partial charge in [-0.15, -0.1) is 0 Å². The van der Waals surface area contributed by atoms with Gasteiger partial charge >= 0.3 is 0 Å². The van der Waals surface area contributed by atoms with Crippen molar-refractivity contribution in [3.8, 4) is 5.75 Å². The number of carbonyl (C=O) groups is 1. The number of rotatable bonds is 5. The smallest absolute Gasteiger partial charge is 0.254 e. The second kappa shape index (κ2) is 7.72. The van der Waals surface area contributed by atoms with E-state index in [-0.39, 0.29) is 5.91 Å². The van der Waals surface area contributed by atoms with Crippen LogP contribution in [0.25, 0.3) is 0 Å². The van der Waals surface area contributed by atoms with Gasteiger partial charge in [-0.3, -0.25) is 4.79 Å². The van der Waals surface area contributed by atoms with Gasteiger partial charge in [-0.2, -0.15) is 8.75 Å². The Balaban J connectivity index is 1.62. The van der Waals surface area contributed by atoms with Crippen LogP contribution < -0.4 is 4.74 Å². The molecule has 1 amide bonds. The number of piperazine rings is 1. The standard InChI is InChI=1S/C17H22N4O2S/c1-3-20-7-9-21(10-8-20)17(22)14-5-4-6-15(11-14)23-12-16-13(2)18-24-19-16/h4-6,11H,3,7-10,12H2,1-2H3. The minimum Gasteiger partial charge on any atom is -0.487 e. The molecule has 0 spiro atoms. The number of aryl methyl sites for hydroxylation is 1. The second-order valence-corrected chi connectivity index (χ2v) is 6.37. The molecule has 1 aliphatic rings. The molecule has 7 heteroatoms. The summed E-state index contributed by atoms with van der Waals surface area (Å²) in [6, 6.07) is 7.37. The largest absolute Gasteiger partial charge is 0.487 e. The van der Waals surface area contributed by atoms with E-state index in [1.54, 1.807) is 0 Å². The van der Waals surface area contributed by atoms with E-state index in [4.69, 9.17) is 4.74 Å². The first-order valence-electron chi connectivity index (χ1n) is 8.20. The highest BCUT2D eigenvalue weighted by Crippen LogP contribution is 2.18. The van der Waals surface area contributed by atoms with Gasteiger partial charge in [-0.1, -0.05) is 13.0 Å². The number of benzene rings is 1. The zero-order chi connectivity index (χ0) is 16.9. The Hall–Kier alpha value is -1.99. The SMILES string of the molecule is CCN1CCN(C(=O)c2cccc(OCc3nsnc3C)c2)CC1. The number of ether oxygens (including phenoxy) is 1. The zero-order valence-electron chi connectivity index (χ0n) is 14.1. The summed E-state index contributed by atoms with van der Waals surface area (Å²) in [5, 5.41) is 0. The lowest BCUT2D eigenvalue weighted by molar-refractivity contribution is 0.0643. The number of amides is 1. The maximum absolute atomic E-state index is 12.7. The summed E-state index contributed by atoms with van der Waals surface area (Å²) in [7, 11) is 0. The van der Waals surface area contributed by atoms with Crippen molar-refractivity contribution in [2.45, 2.75) is 20.5 Å². The molecule has 0 unspecified atom stereocenters. The summed E-state index contributed by atoms with van der Waals surface area (Å²) in [6.07, 6.45) is 0. The molecule has 2 aromatic rings. The molecule has 1 aromatic carbocycles. The zero-order valence-corrected chi connectivity index (χ0v) is 14.9. The predicted molar refractivity (Wildman–Crippen MR) is 93.4 cm³/mol. The maximum Gasteiger partial charge on any atom is 0.254 e. The monoisotopic (exact) mass is 346 g/mol. The number of carbonyl (C=O) groups excluding carboxylic acids is 1. The first-order valence-corrected chi connectivity index (χ1v) is 8.93. The van der Waals surface area contributed by atoms with E-state index in [1.807, 2.05) is 36.1 Å². The van der Waals surface area contributed by atoms with Crippen LogP contribution in [0.4, 0.5) is 0 Å². The van der Waals surface area contributed by atoms with Crippen molar-refractivity contribution >= 4 is 17.6 Å². The van der Waals surface area contributed by atoms with Crippen LogP contribution in [0.3, 0.4) is 0 Å². The van der Waals surface area contributed by atoms with E-state index >= 15 is 0 Å². The van der Waals surface area contributed by atoms with Crippen LogP contribution in [0.1, 0.15) is 28.7 Å². The van der Waals surface area contributed by atoms with E-state index in [1.165, 1.54) is 11.7 Å². The Morgan fingerprint density at radius 1 is 1.25 bits per heavy atom. The fraction of sp³-hybridized carbons (Fsp3) is 0.471. The third-order valence-electron chi connectivity index (χ3n) is 4.31.